The van der Waals surface area contributed by atoms with E-state index >= 15 is 0 Å². The van der Waals surface area contributed by atoms with Crippen LogP contribution in [0.15, 0.2) is 42.5 Å². The fraction of sp³-hybridized carbons (Fsp3) is 0.348. The number of nitro benzene ring substituents is 1. The van der Waals surface area contributed by atoms with Crippen LogP contribution in [0.4, 0.5) is 24.5 Å². The van der Waals surface area contributed by atoms with Gasteiger partial charge in [0.25, 0.3) is 17.5 Å². The summed E-state index contributed by atoms with van der Waals surface area (Å²) in [6.07, 6.45) is -3.97. The van der Waals surface area contributed by atoms with Crippen molar-refractivity contribution in [3.63, 3.8) is 0 Å². The maximum Gasteiger partial charge on any atom is 0.416 e. The molecule has 12 heteroatoms. The average molecular weight is 493 g/mol. The molecule has 0 spiro atoms. The first kappa shape index (κ1) is 25.7. The Kier molecular flexibility index (Phi) is 7.72. The number of aryl methyl sites for hydroxylation is 1. The summed E-state index contributed by atoms with van der Waals surface area (Å²) >= 11 is 0. The van der Waals surface area contributed by atoms with Gasteiger partial charge in [0.2, 0.25) is 0 Å². The first-order chi connectivity index (χ1) is 16.5. The Bertz CT molecular complexity index is 1130. The number of anilines is 1. The SMILES string of the molecule is Cc1ccc(NC(=O)COC(=O)C2CCN(C(=O)c3ccc(C(F)(F)F)cc3)CC2)c([N+](=O)[O-])c1. The fourth-order valence-corrected chi connectivity index (χ4v) is 3.64. The molecule has 9 nitrogen and oxygen atoms in total. The molecule has 1 aliphatic rings. The third kappa shape index (κ3) is 6.55. The fourth-order valence-electron chi connectivity index (χ4n) is 3.64. The monoisotopic (exact) mass is 493 g/mol. The second-order valence-corrected chi connectivity index (χ2v) is 8.08. The van der Waals surface area contributed by atoms with Gasteiger partial charge >= 0.3 is 12.1 Å². The van der Waals surface area contributed by atoms with E-state index in [1.165, 1.54) is 17.0 Å². The summed E-state index contributed by atoms with van der Waals surface area (Å²) in [4.78, 5) is 48.9. The lowest BCUT2D eigenvalue weighted by atomic mass is 9.96. The topological polar surface area (TPSA) is 119 Å². The normalized spacial score (nSPS) is 14.3. The van der Waals surface area contributed by atoms with Crippen molar-refractivity contribution in [1.29, 1.82) is 0 Å². The summed E-state index contributed by atoms with van der Waals surface area (Å²) in [6.45, 7) is 1.43. The van der Waals surface area contributed by atoms with Crippen LogP contribution in [-0.4, -0.2) is 47.3 Å². The van der Waals surface area contributed by atoms with Gasteiger partial charge in [-0.05, 0) is 55.7 Å². The molecule has 35 heavy (non-hydrogen) atoms. The number of ether oxygens (including phenoxy) is 1. The van der Waals surface area contributed by atoms with Gasteiger partial charge in [-0.2, -0.15) is 13.2 Å². The molecule has 0 atom stereocenters. The van der Waals surface area contributed by atoms with Crippen LogP contribution in [0.5, 0.6) is 0 Å². The van der Waals surface area contributed by atoms with Crippen LogP contribution in [0.3, 0.4) is 0 Å². The van der Waals surface area contributed by atoms with Crippen LogP contribution in [0.2, 0.25) is 0 Å². The summed E-state index contributed by atoms with van der Waals surface area (Å²) in [5, 5.41) is 13.5. The van der Waals surface area contributed by atoms with Crippen LogP contribution in [0, 0.1) is 23.0 Å². The van der Waals surface area contributed by atoms with Gasteiger partial charge in [0.15, 0.2) is 6.61 Å². The van der Waals surface area contributed by atoms with Gasteiger partial charge in [0, 0.05) is 24.7 Å². The first-order valence-electron chi connectivity index (χ1n) is 10.6. The number of rotatable bonds is 6. The van der Waals surface area contributed by atoms with E-state index in [4.69, 9.17) is 4.74 Å². The summed E-state index contributed by atoms with van der Waals surface area (Å²) in [7, 11) is 0. The zero-order valence-electron chi connectivity index (χ0n) is 18.6. The number of carbonyl (C=O) groups is 3. The Labute approximate surface area is 198 Å². The van der Waals surface area contributed by atoms with Crippen molar-refractivity contribution >= 4 is 29.2 Å². The molecule has 186 valence electrons. The van der Waals surface area contributed by atoms with E-state index in [0.29, 0.717) is 5.56 Å². The lowest BCUT2D eigenvalue weighted by Gasteiger charge is -2.31. The van der Waals surface area contributed by atoms with E-state index in [0.717, 1.165) is 24.3 Å². The molecule has 2 aromatic carbocycles. The first-order valence-corrected chi connectivity index (χ1v) is 10.6. The zero-order chi connectivity index (χ0) is 25.8. The number of amides is 2. The molecule has 0 aromatic heterocycles. The molecular formula is C23H22F3N3O6. The molecule has 0 unspecified atom stereocenters. The molecule has 0 saturated carbocycles. The lowest BCUT2D eigenvalue weighted by Crippen LogP contribution is -2.41. The number of carbonyl (C=O) groups excluding carboxylic acids is 3. The second-order valence-electron chi connectivity index (χ2n) is 8.08. The van der Waals surface area contributed by atoms with E-state index in [2.05, 4.69) is 5.32 Å². The minimum Gasteiger partial charge on any atom is -0.455 e. The van der Waals surface area contributed by atoms with Crippen LogP contribution >= 0.6 is 0 Å². The molecule has 3 rings (SSSR count). The van der Waals surface area contributed by atoms with Gasteiger partial charge in [-0.3, -0.25) is 24.5 Å². The van der Waals surface area contributed by atoms with E-state index in [1.807, 2.05) is 0 Å². The number of halogens is 3. The highest BCUT2D eigenvalue weighted by molar-refractivity contribution is 5.95. The van der Waals surface area contributed by atoms with E-state index < -0.39 is 47.0 Å². The standard InChI is InChI=1S/C23H22F3N3O6/c1-14-2-7-18(19(12-14)29(33)34)27-20(30)13-35-22(32)16-8-10-28(11-9-16)21(31)15-3-5-17(6-4-15)23(24,25)26/h2-7,12,16H,8-11,13H2,1H3,(H,27,30). The summed E-state index contributed by atoms with van der Waals surface area (Å²) in [5.74, 6) is -2.38. The largest absolute Gasteiger partial charge is 0.455 e. The summed E-state index contributed by atoms with van der Waals surface area (Å²) in [6, 6.07) is 8.19. The highest BCUT2D eigenvalue weighted by atomic mass is 19.4. The third-order valence-corrected chi connectivity index (χ3v) is 5.54. The highest BCUT2D eigenvalue weighted by Crippen LogP contribution is 2.30. The van der Waals surface area contributed by atoms with Gasteiger partial charge < -0.3 is 15.0 Å². The van der Waals surface area contributed by atoms with Gasteiger partial charge in [0.1, 0.15) is 5.69 Å². The van der Waals surface area contributed by atoms with Gasteiger partial charge in [0.05, 0.1) is 16.4 Å². The van der Waals surface area contributed by atoms with Crippen molar-refractivity contribution in [1.82, 2.24) is 4.90 Å². The molecule has 1 N–H and O–H groups in total. The minimum absolute atomic E-state index is 0.0169. The molecule has 2 aromatic rings. The molecule has 1 heterocycles. The molecule has 2 amide bonds. The number of benzene rings is 2. The highest BCUT2D eigenvalue weighted by Gasteiger charge is 2.32. The number of hydrogen-bond acceptors (Lipinski definition) is 6. The van der Waals surface area contributed by atoms with E-state index in [1.54, 1.807) is 13.0 Å². The maximum atomic E-state index is 12.7. The van der Waals surface area contributed by atoms with Crippen molar-refractivity contribution in [2.45, 2.75) is 25.9 Å². The Morgan fingerprint density at radius 1 is 1.11 bits per heavy atom. The smallest absolute Gasteiger partial charge is 0.416 e. The second kappa shape index (κ2) is 10.5. The number of nitro groups is 1. The lowest BCUT2D eigenvalue weighted by molar-refractivity contribution is -0.384. The Balaban J connectivity index is 1.48. The molecular weight excluding hydrogens is 471 g/mol. The Morgan fingerprint density at radius 3 is 2.31 bits per heavy atom. The third-order valence-electron chi connectivity index (χ3n) is 5.54. The quantitative estimate of drug-likeness (QED) is 0.370. The average Bonchev–Trinajstić information content (AvgIpc) is 2.82. The summed E-state index contributed by atoms with van der Waals surface area (Å²) in [5.41, 5.74) is -0.395. The zero-order valence-corrected chi connectivity index (χ0v) is 18.6. The van der Waals surface area contributed by atoms with Crippen LogP contribution in [-0.2, 0) is 20.5 Å². The van der Waals surface area contributed by atoms with Crippen molar-refractivity contribution in [3.8, 4) is 0 Å². The summed E-state index contributed by atoms with van der Waals surface area (Å²) < 4.78 is 43.1. The minimum atomic E-state index is -4.49. The van der Waals surface area contributed by atoms with Crippen LogP contribution < -0.4 is 5.32 Å². The maximum absolute atomic E-state index is 12.7. The van der Waals surface area contributed by atoms with Gasteiger partial charge in [-0.15, -0.1) is 0 Å². The Hall–Kier alpha value is -3.96. The molecule has 0 radical (unpaired) electrons. The number of nitrogens with one attached hydrogen (secondary N) is 1. The molecule has 0 bridgehead atoms. The molecule has 0 aliphatic carbocycles. The van der Waals surface area contributed by atoms with E-state index in [-0.39, 0.29) is 42.9 Å². The van der Waals surface area contributed by atoms with Crippen molar-refractivity contribution in [2.24, 2.45) is 5.92 Å². The van der Waals surface area contributed by atoms with Gasteiger partial charge in [-0.1, -0.05) is 6.07 Å². The van der Waals surface area contributed by atoms with Crippen molar-refractivity contribution < 1.29 is 37.2 Å². The Morgan fingerprint density at radius 2 is 1.74 bits per heavy atom. The number of esters is 1. The predicted molar refractivity (Wildman–Crippen MR) is 117 cm³/mol. The van der Waals surface area contributed by atoms with E-state index in [9.17, 15) is 37.7 Å². The van der Waals surface area contributed by atoms with Crippen molar-refractivity contribution in [2.75, 3.05) is 25.0 Å². The van der Waals surface area contributed by atoms with Crippen LogP contribution in [0.25, 0.3) is 0 Å². The van der Waals surface area contributed by atoms with Crippen molar-refractivity contribution in [3.05, 3.63) is 69.3 Å². The number of alkyl halides is 3. The predicted octanol–water partition coefficient (Wildman–Crippen LogP) is 3.96. The number of hydrogen-bond donors (Lipinski definition) is 1. The van der Waals surface area contributed by atoms with Gasteiger partial charge in [-0.25, -0.2) is 0 Å². The number of nitrogens with zero attached hydrogens (tertiary/aromatic N) is 2. The molecule has 1 aliphatic heterocycles. The molecule has 1 fully saturated rings. The number of likely N-dealkylation sites (tertiary alicyclic amines) is 1. The number of piperidine rings is 1. The van der Waals surface area contributed by atoms with Crippen LogP contribution in [0.1, 0.15) is 34.3 Å². The molecule has 1 saturated heterocycles.